The van der Waals surface area contributed by atoms with Gasteiger partial charge >= 0.3 is 6.09 Å². The number of hydrogen-bond acceptors (Lipinski definition) is 4. The molecule has 7 nitrogen and oxygen atoms in total. The smallest absolute Gasteiger partial charge is 0.407 e. The molecule has 0 atom stereocenters. The van der Waals surface area contributed by atoms with E-state index in [2.05, 4.69) is 10.6 Å². The zero-order valence-corrected chi connectivity index (χ0v) is 16.1. The van der Waals surface area contributed by atoms with Crippen molar-refractivity contribution in [3.8, 4) is 6.07 Å². The van der Waals surface area contributed by atoms with Crippen LogP contribution < -0.4 is 10.6 Å². The first-order chi connectivity index (χ1) is 13.2. The van der Waals surface area contributed by atoms with Gasteiger partial charge < -0.3 is 19.9 Å². The van der Waals surface area contributed by atoms with Crippen molar-refractivity contribution < 1.29 is 18.7 Å². The second-order valence-corrected chi connectivity index (χ2v) is 7.07. The SMILES string of the molecule is CC(C)(C)OC(=O)NCCn1c(C#N)ccc1C(=O)NCc1ccccc1F. The highest BCUT2D eigenvalue weighted by Gasteiger charge is 2.18. The molecule has 2 amide bonds. The number of carbonyl (C=O) groups is 2. The molecule has 0 saturated heterocycles. The second-order valence-electron chi connectivity index (χ2n) is 7.07. The Balaban J connectivity index is 2.01. The van der Waals surface area contributed by atoms with Crippen molar-refractivity contribution in [3.05, 3.63) is 59.2 Å². The minimum absolute atomic E-state index is 0.0226. The van der Waals surface area contributed by atoms with E-state index in [0.717, 1.165) is 0 Å². The van der Waals surface area contributed by atoms with E-state index in [1.165, 1.54) is 22.8 Å². The number of rotatable bonds is 6. The maximum Gasteiger partial charge on any atom is 0.407 e. The van der Waals surface area contributed by atoms with Crippen molar-refractivity contribution in [3.63, 3.8) is 0 Å². The number of halogens is 1. The zero-order chi connectivity index (χ0) is 20.7. The Bertz CT molecular complexity index is 894. The number of alkyl carbamates (subject to hydrolysis) is 1. The molecular formula is C20H23FN4O3. The molecule has 0 saturated carbocycles. The molecule has 2 rings (SSSR count). The van der Waals surface area contributed by atoms with Crippen LogP contribution in [0.25, 0.3) is 0 Å². The molecule has 2 aromatic rings. The van der Waals surface area contributed by atoms with Crippen molar-refractivity contribution in [2.75, 3.05) is 6.54 Å². The van der Waals surface area contributed by atoms with Crippen molar-refractivity contribution in [2.45, 2.75) is 39.5 Å². The van der Waals surface area contributed by atoms with E-state index >= 15 is 0 Å². The Morgan fingerprint density at radius 3 is 2.54 bits per heavy atom. The van der Waals surface area contributed by atoms with Gasteiger partial charge in [0, 0.05) is 25.2 Å². The Labute approximate surface area is 163 Å². The van der Waals surface area contributed by atoms with Crippen molar-refractivity contribution >= 4 is 12.0 Å². The number of ether oxygens (including phenoxy) is 1. The van der Waals surface area contributed by atoms with Crippen LogP contribution in [0.3, 0.4) is 0 Å². The molecular weight excluding hydrogens is 363 g/mol. The van der Waals surface area contributed by atoms with Gasteiger partial charge in [0.25, 0.3) is 5.91 Å². The lowest BCUT2D eigenvalue weighted by Crippen LogP contribution is -2.35. The van der Waals surface area contributed by atoms with Gasteiger partial charge in [0.15, 0.2) is 0 Å². The summed E-state index contributed by atoms with van der Waals surface area (Å²) in [6, 6.07) is 11.2. The lowest BCUT2D eigenvalue weighted by atomic mass is 10.2. The first-order valence-electron chi connectivity index (χ1n) is 8.79. The molecule has 0 bridgehead atoms. The van der Waals surface area contributed by atoms with E-state index in [4.69, 9.17) is 4.74 Å². The van der Waals surface area contributed by atoms with E-state index in [9.17, 15) is 19.2 Å². The van der Waals surface area contributed by atoms with Crippen LogP contribution in [0.15, 0.2) is 36.4 Å². The van der Waals surface area contributed by atoms with Crippen LogP contribution in [0.4, 0.5) is 9.18 Å². The summed E-state index contributed by atoms with van der Waals surface area (Å²) in [6.45, 7) is 5.66. The topological polar surface area (TPSA) is 96.2 Å². The Hall–Kier alpha value is -3.34. The molecule has 0 radical (unpaired) electrons. The molecule has 0 spiro atoms. The first kappa shape index (κ1) is 21.0. The minimum atomic E-state index is -0.618. The molecule has 1 heterocycles. The number of nitrogens with one attached hydrogen (secondary N) is 2. The van der Waals surface area contributed by atoms with Gasteiger partial charge in [-0.05, 0) is 39.0 Å². The summed E-state index contributed by atoms with van der Waals surface area (Å²) < 4.78 is 20.3. The van der Waals surface area contributed by atoms with Crippen LogP contribution >= 0.6 is 0 Å². The summed E-state index contributed by atoms with van der Waals surface area (Å²) in [4.78, 5) is 24.2. The number of amides is 2. The predicted octanol–water partition coefficient (Wildman–Crippen LogP) is 2.95. The summed E-state index contributed by atoms with van der Waals surface area (Å²) in [5.41, 5.74) is 0.273. The molecule has 28 heavy (non-hydrogen) atoms. The highest BCUT2D eigenvalue weighted by atomic mass is 19.1. The van der Waals surface area contributed by atoms with Gasteiger partial charge in [0.2, 0.25) is 0 Å². The third-order valence-corrected chi connectivity index (χ3v) is 3.73. The lowest BCUT2D eigenvalue weighted by Gasteiger charge is -2.20. The van der Waals surface area contributed by atoms with Crippen molar-refractivity contribution in [2.24, 2.45) is 0 Å². The molecule has 2 N–H and O–H groups in total. The van der Waals surface area contributed by atoms with Crippen LogP contribution in [0, 0.1) is 17.1 Å². The maximum absolute atomic E-state index is 13.7. The number of nitrogens with zero attached hydrogens (tertiary/aromatic N) is 2. The third kappa shape index (κ3) is 5.84. The van der Waals surface area contributed by atoms with Crippen molar-refractivity contribution in [1.82, 2.24) is 15.2 Å². The van der Waals surface area contributed by atoms with E-state index in [1.807, 2.05) is 6.07 Å². The summed E-state index contributed by atoms with van der Waals surface area (Å²) >= 11 is 0. The molecule has 0 aliphatic heterocycles. The van der Waals surface area contributed by atoms with E-state index in [-0.39, 0.29) is 31.0 Å². The van der Waals surface area contributed by atoms with Gasteiger partial charge in [-0.15, -0.1) is 0 Å². The van der Waals surface area contributed by atoms with Gasteiger partial charge in [-0.2, -0.15) is 5.26 Å². The Kier molecular flexibility index (Phi) is 6.77. The molecule has 0 unspecified atom stereocenters. The van der Waals surface area contributed by atoms with Crippen LogP contribution in [0.1, 0.15) is 42.5 Å². The molecule has 0 aliphatic rings. The molecule has 0 fully saturated rings. The minimum Gasteiger partial charge on any atom is -0.444 e. The Morgan fingerprint density at radius 1 is 1.18 bits per heavy atom. The van der Waals surface area contributed by atoms with E-state index < -0.39 is 23.4 Å². The fraction of sp³-hybridized carbons (Fsp3) is 0.350. The fourth-order valence-corrected chi connectivity index (χ4v) is 2.50. The van der Waals surface area contributed by atoms with Gasteiger partial charge in [-0.25, -0.2) is 9.18 Å². The quantitative estimate of drug-likeness (QED) is 0.798. The molecule has 148 valence electrons. The van der Waals surface area contributed by atoms with E-state index in [1.54, 1.807) is 39.0 Å². The predicted molar refractivity (Wildman–Crippen MR) is 101 cm³/mol. The lowest BCUT2D eigenvalue weighted by molar-refractivity contribution is 0.0526. The van der Waals surface area contributed by atoms with Gasteiger partial charge in [0.05, 0.1) is 0 Å². The number of nitriles is 1. The molecule has 0 aliphatic carbocycles. The number of carbonyl (C=O) groups excluding carboxylic acids is 2. The normalized spacial score (nSPS) is 10.8. The summed E-state index contributed by atoms with van der Waals surface area (Å²) in [5, 5.41) is 14.5. The largest absolute Gasteiger partial charge is 0.444 e. The average molecular weight is 386 g/mol. The highest BCUT2D eigenvalue weighted by molar-refractivity contribution is 5.93. The van der Waals surface area contributed by atoms with Crippen molar-refractivity contribution in [1.29, 1.82) is 5.26 Å². The van der Waals surface area contributed by atoms with Gasteiger partial charge in [0.1, 0.15) is 28.9 Å². The zero-order valence-electron chi connectivity index (χ0n) is 16.1. The summed E-state index contributed by atoms with van der Waals surface area (Å²) in [6.07, 6.45) is -0.580. The maximum atomic E-state index is 13.7. The second kappa shape index (κ2) is 9.04. The average Bonchev–Trinajstić information content (AvgIpc) is 3.02. The Morgan fingerprint density at radius 2 is 1.89 bits per heavy atom. The number of aromatic nitrogens is 1. The number of benzene rings is 1. The van der Waals surface area contributed by atoms with Crippen LogP contribution in [-0.4, -0.2) is 28.7 Å². The molecule has 1 aromatic carbocycles. The van der Waals surface area contributed by atoms with Crippen LogP contribution in [0.5, 0.6) is 0 Å². The third-order valence-electron chi connectivity index (χ3n) is 3.73. The van der Waals surface area contributed by atoms with E-state index in [0.29, 0.717) is 5.56 Å². The standard InChI is InChI=1S/C20H23FN4O3/c1-20(2,3)28-19(27)23-10-11-25-15(12-22)8-9-17(25)18(26)24-13-14-6-4-5-7-16(14)21/h4-9H,10-11,13H2,1-3H3,(H,23,27)(H,24,26). The molecule has 1 aromatic heterocycles. The van der Waals surface area contributed by atoms with Gasteiger partial charge in [-0.3, -0.25) is 4.79 Å². The summed E-state index contributed by atoms with van der Waals surface area (Å²) in [5.74, 6) is -0.848. The monoisotopic (exact) mass is 386 g/mol. The fourth-order valence-electron chi connectivity index (χ4n) is 2.50. The van der Waals surface area contributed by atoms with Crippen LogP contribution in [-0.2, 0) is 17.8 Å². The highest BCUT2D eigenvalue weighted by Crippen LogP contribution is 2.11. The summed E-state index contributed by atoms with van der Waals surface area (Å²) in [7, 11) is 0. The van der Waals surface area contributed by atoms with Crippen LogP contribution in [0.2, 0.25) is 0 Å². The first-order valence-corrected chi connectivity index (χ1v) is 8.79. The molecule has 8 heteroatoms. The van der Waals surface area contributed by atoms with Gasteiger partial charge in [-0.1, -0.05) is 18.2 Å². The number of hydrogen-bond donors (Lipinski definition) is 2.